The minimum absolute atomic E-state index is 0.164. The lowest BCUT2D eigenvalue weighted by Crippen LogP contribution is -2.21. The molecule has 1 atom stereocenters. The van der Waals surface area contributed by atoms with Crippen LogP contribution in [-0.4, -0.2) is 33.5 Å². The number of hydrogen-bond acceptors (Lipinski definition) is 4. The highest BCUT2D eigenvalue weighted by atomic mass is 79.9. The summed E-state index contributed by atoms with van der Waals surface area (Å²) in [6, 6.07) is 4.17. The van der Waals surface area contributed by atoms with Gasteiger partial charge < -0.3 is 19.9 Å². The summed E-state index contributed by atoms with van der Waals surface area (Å²) in [5.74, 6) is 1.41. The molecule has 0 heterocycles. The molecule has 0 radical (unpaired) electrons. The molecule has 0 saturated carbocycles. The van der Waals surface area contributed by atoms with Gasteiger partial charge in [0, 0.05) is 13.2 Å². The molecule has 0 aliphatic rings. The highest BCUT2D eigenvalue weighted by Gasteiger charge is 2.13. The third-order valence-electron chi connectivity index (χ3n) is 2.85. The first-order valence-electron chi connectivity index (χ1n) is 6.36. The summed E-state index contributed by atoms with van der Waals surface area (Å²) in [6.45, 7) is 3.11. The number of benzene rings is 1. The Morgan fingerprint density at radius 3 is 2.58 bits per heavy atom. The Bertz CT molecular complexity index is 399. The van der Waals surface area contributed by atoms with Crippen molar-refractivity contribution in [3.63, 3.8) is 0 Å². The third-order valence-corrected chi connectivity index (χ3v) is 3.43. The van der Waals surface area contributed by atoms with Crippen molar-refractivity contribution in [1.82, 2.24) is 0 Å². The molecule has 0 aromatic heterocycles. The molecule has 1 aromatic carbocycles. The van der Waals surface area contributed by atoms with E-state index in [9.17, 15) is 0 Å². The van der Waals surface area contributed by atoms with Gasteiger partial charge in [-0.25, -0.2) is 0 Å². The molecule has 19 heavy (non-hydrogen) atoms. The number of nitrogens with two attached hydrogens (primary N) is 1. The lowest BCUT2D eigenvalue weighted by Gasteiger charge is -2.15. The van der Waals surface area contributed by atoms with Crippen molar-refractivity contribution in [2.75, 3.05) is 27.4 Å². The first-order valence-corrected chi connectivity index (χ1v) is 7.15. The van der Waals surface area contributed by atoms with Gasteiger partial charge in [-0.3, -0.25) is 0 Å². The predicted octanol–water partition coefficient (Wildman–Crippen LogP) is 2.76. The maximum absolute atomic E-state index is 5.98. The monoisotopic (exact) mass is 331 g/mol. The molecular weight excluding hydrogens is 310 g/mol. The maximum Gasteiger partial charge on any atom is 0.175 e. The van der Waals surface area contributed by atoms with E-state index in [2.05, 4.69) is 22.9 Å². The van der Waals surface area contributed by atoms with Crippen LogP contribution < -0.4 is 15.2 Å². The third kappa shape index (κ3) is 5.01. The highest BCUT2D eigenvalue weighted by molar-refractivity contribution is 9.10. The number of hydrogen-bond donors (Lipinski definition) is 1. The molecule has 0 aliphatic carbocycles. The molecule has 1 aromatic rings. The predicted molar refractivity (Wildman–Crippen MR) is 80.0 cm³/mol. The quantitative estimate of drug-likeness (QED) is 0.744. The number of methoxy groups -OCH3 is 2. The van der Waals surface area contributed by atoms with Gasteiger partial charge in [-0.15, -0.1) is 0 Å². The van der Waals surface area contributed by atoms with E-state index in [-0.39, 0.29) is 6.04 Å². The Labute approximate surface area is 123 Å². The number of halogens is 1. The fraction of sp³-hybridized carbons (Fsp3) is 0.571. The first-order chi connectivity index (χ1) is 9.12. The molecule has 2 N–H and O–H groups in total. The van der Waals surface area contributed by atoms with Gasteiger partial charge in [0.15, 0.2) is 11.5 Å². The standard InChI is InChI=1S/C14H22BrNO3/c1-4-11(16)7-10-8-12(15)14(13(9-10)18-3)19-6-5-17-2/h8-9,11H,4-7,16H2,1-3H3. The summed E-state index contributed by atoms with van der Waals surface area (Å²) in [5, 5.41) is 0. The summed E-state index contributed by atoms with van der Waals surface area (Å²) < 4.78 is 16.9. The molecule has 4 nitrogen and oxygen atoms in total. The fourth-order valence-electron chi connectivity index (χ4n) is 1.71. The van der Waals surface area contributed by atoms with Crippen LogP contribution in [-0.2, 0) is 11.2 Å². The summed E-state index contributed by atoms with van der Waals surface area (Å²) >= 11 is 3.52. The Morgan fingerprint density at radius 2 is 2.00 bits per heavy atom. The molecule has 108 valence electrons. The lowest BCUT2D eigenvalue weighted by atomic mass is 10.0. The molecule has 1 unspecified atom stereocenters. The van der Waals surface area contributed by atoms with Gasteiger partial charge in [0.05, 0.1) is 18.2 Å². The first kappa shape index (κ1) is 16.3. The number of ether oxygens (including phenoxy) is 3. The van der Waals surface area contributed by atoms with Crippen LogP contribution in [0.1, 0.15) is 18.9 Å². The van der Waals surface area contributed by atoms with Crippen LogP contribution in [0.25, 0.3) is 0 Å². The van der Waals surface area contributed by atoms with Crippen molar-refractivity contribution >= 4 is 15.9 Å². The normalized spacial score (nSPS) is 12.3. The van der Waals surface area contributed by atoms with Gasteiger partial charge in [0.25, 0.3) is 0 Å². The Balaban J connectivity index is 2.87. The second-order valence-corrected chi connectivity index (χ2v) is 5.18. The van der Waals surface area contributed by atoms with Gasteiger partial charge in [0.1, 0.15) is 6.61 Å². The molecule has 5 heteroatoms. The van der Waals surface area contributed by atoms with Crippen molar-refractivity contribution < 1.29 is 14.2 Å². The molecule has 0 saturated heterocycles. The average molecular weight is 332 g/mol. The molecule has 0 spiro atoms. The van der Waals surface area contributed by atoms with Gasteiger partial charge in [0.2, 0.25) is 0 Å². The number of rotatable bonds is 8. The minimum Gasteiger partial charge on any atom is -0.493 e. The van der Waals surface area contributed by atoms with Gasteiger partial charge in [-0.1, -0.05) is 6.92 Å². The van der Waals surface area contributed by atoms with Crippen molar-refractivity contribution in [2.45, 2.75) is 25.8 Å². The second-order valence-electron chi connectivity index (χ2n) is 4.32. The Hall–Kier alpha value is -0.780. The molecular formula is C14H22BrNO3. The molecule has 1 rings (SSSR count). The van der Waals surface area contributed by atoms with E-state index in [1.165, 1.54) is 0 Å². The summed E-state index contributed by atoms with van der Waals surface area (Å²) in [7, 11) is 3.28. The molecule has 0 amide bonds. The Kier molecular flexibility index (Phi) is 7.20. The van der Waals surface area contributed by atoms with Crippen molar-refractivity contribution in [2.24, 2.45) is 5.73 Å². The van der Waals surface area contributed by atoms with Crippen LogP contribution in [0.15, 0.2) is 16.6 Å². The van der Waals surface area contributed by atoms with Crippen LogP contribution in [0, 0.1) is 0 Å². The minimum atomic E-state index is 0.164. The molecule has 0 aliphatic heterocycles. The zero-order chi connectivity index (χ0) is 14.3. The smallest absolute Gasteiger partial charge is 0.175 e. The van der Waals surface area contributed by atoms with E-state index >= 15 is 0 Å². The van der Waals surface area contributed by atoms with Crippen LogP contribution in [0.5, 0.6) is 11.5 Å². The highest BCUT2D eigenvalue weighted by Crippen LogP contribution is 2.36. The summed E-state index contributed by atoms with van der Waals surface area (Å²) in [6.07, 6.45) is 1.77. The molecule has 0 bridgehead atoms. The van der Waals surface area contributed by atoms with E-state index < -0.39 is 0 Å². The van der Waals surface area contributed by atoms with Crippen LogP contribution in [0.4, 0.5) is 0 Å². The second kappa shape index (κ2) is 8.40. The van der Waals surface area contributed by atoms with Crippen LogP contribution in [0.3, 0.4) is 0 Å². The topological polar surface area (TPSA) is 53.7 Å². The van der Waals surface area contributed by atoms with Crippen LogP contribution >= 0.6 is 15.9 Å². The van der Waals surface area contributed by atoms with E-state index in [4.69, 9.17) is 19.9 Å². The molecule has 0 fully saturated rings. The maximum atomic E-state index is 5.98. The summed E-state index contributed by atoms with van der Waals surface area (Å²) in [4.78, 5) is 0. The van der Waals surface area contributed by atoms with E-state index in [0.717, 1.165) is 22.9 Å². The van der Waals surface area contributed by atoms with E-state index in [1.807, 2.05) is 12.1 Å². The SMILES string of the molecule is CCC(N)Cc1cc(Br)c(OCCOC)c(OC)c1. The zero-order valence-corrected chi connectivity index (χ0v) is 13.3. The van der Waals surface area contributed by atoms with Crippen LogP contribution in [0.2, 0.25) is 0 Å². The van der Waals surface area contributed by atoms with Gasteiger partial charge in [-0.05, 0) is 46.5 Å². The van der Waals surface area contributed by atoms with E-state index in [0.29, 0.717) is 24.7 Å². The van der Waals surface area contributed by atoms with Gasteiger partial charge in [-0.2, -0.15) is 0 Å². The Morgan fingerprint density at radius 1 is 1.26 bits per heavy atom. The van der Waals surface area contributed by atoms with E-state index in [1.54, 1.807) is 14.2 Å². The fourth-order valence-corrected chi connectivity index (χ4v) is 2.31. The average Bonchev–Trinajstić information content (AvgIpc) is 2.40. The zero-order valence-electron chi connectivity index (χ0n) is 11.7. The van der Waals surface area contributed by atoms with Crippen molar-refractivity contribution in [3.05, 3.63) is 22.2 Å². The van der Waals surface area contributed by atoms with Crippen molar-refractivity contribution in [1.29, 1.82) is 0 Å². The lowest BCUT2D eigenvalue weighted by molar-refractivity contribution is 0.143. The summed E-state index contributed by atoms with van der Waals surface area (Å²) in [5.41, 5.74) is 7.12. The largest absolute Gasteiger partial charge is 0.493 e. The van der Waals surface area contributed by atoms with Gasteiger partial charge >= 0.3 is 0 Å². The van der Waals surface area contributed by atoms with Crippen molar-refractivity contribution in [3.8, 4) is 11.5 Å².